The first kappa shape index (κ1) is 18.4. The topological polar surface area (TPSA) is 72.9 Å². The zero-order valence-corrected chi connectivity index (χ0v) is 14.5. The number of carboxylic acids is 1. The van der Waals surface area contributed by atoms with Crippen LogP contribution in [0.5, 0.6) is 0 Å². The van der Waals surface area contributed by atoms with E-state index in [1.165, 1.54) is 4.90 Å². The highest BCUT2D eigenvalue weighted by molar-refractivity contribution is 5.93. The first-order valence-corrected chi connectivity index (χ1v) is 8.98. The molecule has 2 aliphatic rings. The molecule has 2 N–H and O–H groups in total. The number of urea groups is 1. The third-order valence-corrected chi connectivity index (χ3v) is 5.11. The van der Waals surface area contributed by atoms with Crippen molar-refractivity contribution >= 4 is 23.4 Å². The van der Waals surface area contributed by atoms with E-state index in [1.54, 1.807) is 0 Å². The molecule has 2 heterocycles. The van der Waals surface area contributed by atoms with Crippen LogP contribution in [-0.4, -0.2) is 48.2 Å². The summed E-state index contributed by atoms with van der Waals surface area (Å²) in [6.07, 6.45) is 3.81. The molecule has 2 fully saturated rings. The maximum Gasteiger partial charge on any atom is 0.321 e. The Morgan fingerprint density at radius 2 is 1.62 bits per heavy atom. The molecule has 2 saturated heterocycles. The summed E-state index contributed by atoms with van der Waals surface area (Å²) in [4.78, 5) is 27.0. The Kier molecular flexibility index (Phi) is 5.58. The number of rotatable bonds is 3. The summed E-state index contributed by atoms with van der Waals surface area (Å²) in [5.41, 5.74) is 0.730. The van der Waals surface area contributed by atoms with Crippen molar-refractivity contribution in [2.45, 2.75) is 32.1 Å². The van der Waals surface area contributed by atoms with Crippen LogP contribution >= 0.6 is 0 Å². The van der Waals surface area contributed by atoms with Gasteiger partial charge in [0.2, 0.25) is 0 Å². The smallest absolute Gasteiger partial charge is 0.321 e. The van der Waals surface area contributed by atoms with E-state index in [-0.39, 0.29) is 5.69 Å². The molecule has 2 amide bonds. The third kappa shape index (κ3) is 4.05. The average Bonchev–Trinajstić information content (AvgIpc) is 2.65. The lowest BCUT2D eigenvalue weighted by molar-refractivity contribution is -0.143. The van der Waals surface area contributed by atoms with Crippen molar-refractivity contribution in [1.82, 2.24) is 4.90 Å². The van der Waals surface area contributed by atoms with Crippen LogP contribution in [-0.2, 0) is 4.79 Å². The van der Waals surface area contributed by atoms with Crippen LogP contribution in [0.3, 0.4) is 0 Å². The number of benzene rings is 1. The first-order chi connectivity index (χ1) is 12.5. The van der Waals surface area contributed by atoms with Crippen LogP contribution in [0.25, 0.3) is 0 Å². The van der Waals surface area contributed by atoms with Gasteiger partial charge in [-0.1, -0.05) is 0 Å². The molecule has 0 bridgehead atoms. The number of aliphatic carboxylic acids is 1. The standard InChI is InChI=1S/C18H23F2N3O3/c19-13-10-15(16(11-14(13)20)22-6-2-1-3-7-22)21-18(26)23-8-4-12(5-9-23)17(24)25/h10-12H,1-9H2,(H,21,26)(H,24,25). The van der Waals surface area contributed by atoms with E-state index >= 15 is 0 Å². The molecule has 1 aromatic carbocycles. The fourth-order valence-corrected chi connectivity index (χ4v) is 3.56. The highest BCUT2D eigenvalue weighted by Crippen LogP contribution is 2.31. The number of carbonyl (C=O) groups is 2. The zero-order valence-electron chi connectivity index (χ0n) is 14.5. The highest BCUT2D eigenvalue weighted by Gasteiger charge is 2.28. The molecular weight excluding hydrogens is 344 g/mol. The second-order valence-electron chi connectivity index (χ2n) is 6.86. The fourth-order valence-electron chi connectivity index (χ4n) is 3.56. The van der Waals surface area contributed by atoms with Crippen molar-refractivity contribution in [3.05, 3.63) is 23.8 Å². The number of carboxylic acid groups (broad SMARTS) is 1. The van der Waals surface area contributed by atoms with E-state index < -0.39 is 29.6 Å². The quantitative estimate of drug-likeness (QED) is 0.860. The minimum atomic E-state index is -1.01. The van der Waals surface area contributed by atoms with Crippen LogP contribution in [0.4, 0.5) is 25.0 Å². The van der Waals surface area contributed by atoms with Gasteiger partial charge in [-0.25, -0.2) is 13.6 Å². The summed E-state index contributed by atoms with van der Waals surface area (Å²) in [5, 5.41) is 11.7. The van der Waals surface area contributed by atoms with Crippen molar-refractivity contribution in [2.75, 3.05) is 36.4 Å². The van der Waals surface area contributed by atoms with E-state index in [2.05, 4.69) is 5.32 Å². The molecular formula is C18H23F2N3O3. The second-order valence-corrected chi connectivity index (χ2v) is 6.86. The number of nitrogens with zero attached hydrogens (tertiary/aromatic N) is 2. The molecule has 0 aliphatic carbocycles. The number of amides is 2. The first-order valence-electron chi connectivity index (χ1n) is 8.98. The molecule has 6 nitrogen and oxygen atoms in total. The predicted molar refractivity (Wildman–Crippen MR) is 93.4 cm³/mol. The Labute approximate surface area is 150 Å². The van der Waals surface area contributed by atoms with Gasteiger partial charge in [-0.2, -0.15) is 0 Å². The van der Waals surface area contributed by atoms with Crippen molar-refractivity contribution in [3.8, 4) is 0 Å². The molecule has 142 valence electrons. The van der Waals surface area contributed by atoms with E-state index in [1.807, 2.05) is 4.90 Å². The lowest BCUT2D eigenvalue weighted by Crippen LogP contribution is -2.42. The highest BCUT2D eigenvalue weighted by atomic mass is 19.2. The molecule has 8 heteroatoms. The number of hydrogen-bond donors (Lipinski definition) is 2. The van der Waals surface area contributed by atoms with E-state index in [0.29, 0.717) is 31.6 Å². The van der Waals surface area contributed by atoms with Gasteiger partial charge in [0, 0.05) is 38.3 Å². The van der Waals surface area contributed by atoms with Crippen LogP contribution < -0.4 is 10.2 Å². The number of piperidine rings is 2. The fraction of sp³-hybridized carbons (Fsp3) is 0.556. The monoisotopic (exact) mass is 367 g/mol. The second kappa shape index (κ2) is 7.88. The molecule has 0 radical (unpaired) electrons. The van der Waals surface area contributed by atoms with Gasteiger partial charge in [-0.3, -0.25) is 4.79 Å². The normalized spacial score (nSPS) is 18.7. The Morgan fingerprint density at radius 1 is 1.00 bits per heavy atom. The predicted octanol–water partition coefficient (Wildman–Crippen LogP) is 3.28. The summed E-state index contributed by atoms with van der Waals surface area (Å²) in [7, 11) is 0. The SMILES string of the molecule is O=C(O)C1CCN(C(=O)Nc2cc(F)c(F)cc2N2CCCCC2)CC1. The number of likely N-dealkylation sites (tertiary alicyclic amines) is 1. The van der Waals surface area contributed by atoms with Crippen molar-refractivity contribution < 1.29 is 23.5 Å². The van der Waals surface area contributed by atoms with Gasteiger partial charge in [0.25, 0.3) is 0 Å². The maximum atomic E-state index is 13.7. The van der Waals surface area contributed by atoms with Gasteiger partial charge in [0.1, 0.15) is 0 Å². The summed E-state index contributed by atoms with van der Waals surface area (Å²) >= 11 is 0. The number of nitrogens with one attached hydrogen (secondary N) is 1. The molecule has 1 aromatic rings. The van der Waals surface area contributed by atoms with Gasteiger partial charge >= 0.3 is 12.0 Å². The van der Waals surface area contributed by atoms with Gasteiger partial charge in [0.05, 0.1) is 17.3 Å². The number of anilines is 2. The zero-order chi connectivity index (χ0) is 18.7. The molecule has 0 unspecified atom stereocenters. The maximum absolute atomic E-state index is 13.7. The van der Waals surface area contributed by atoms with E-state index in [9.17, 15) is 18.4 Å². The third-order valence-electron chi connectivity index (χ3n) is 5.11. The van der Waals surface area contributed by atoms with Crippen LogP contribution in [0.15, 0.2) is 12.1 Å². The number of hydrogen-bond acceptors (Lipinski definition) is 3. The van der Waals surface area contributed by atoms with Crippen LogP contribution in [0.1, 0.15) is 32.1 Å². The molecule has 0 aromatic heterocycles. The van der Waals surface area contributed by atoms with E-state index in [4.69, 9.17) is 5.11 Å². The molecule has 0 spiro atoms. The Hall–Kier alpha value is -2.38. The summed E-state index contributed by atoms with van der Waals surface area (Å²) < 4.78 is 27.5. The minimum Gasteiger partial charge on any atom is -0.481 e. The number of halogens is 2. The summed E-state index contributed by atoms with van der Waals surface area (Å²) in [6.45, 7) is 2.12. The van der Waals surface area contributed by atoms with Crippen molar-refractivity contribution in [1.29, 1.82) is 0 Å². The Bertz CT molecular complexity index is 685. The summed E-state index contributed by atoms with van der Waals surface area (Å²) in [6, 6.07) is 1.73. The Morgan fingerprint density at radius 3 is 2.23 bits per heavy atom. The average molecular weight is 367 g/mol. The molecule has 26 heavy (non-hydrogen) atoms. The number of carbonyl (C=O) groups excluding carboxylic acids is 1. The Balaban J connectivity index is 1.73. The molecule has 0 atom stereocenters. The largest absolute Gasteiger partial charge is 0.481 e. The van der Waals surface area contributed by atoms with Gasteiger partial charge in [-0.15, -0.1) is 0 Å². The van der Waals surface area contributed by atoms with Gasteiger partial charge < -0.3 is 20.2 Å². The van der Waals surface area contributed by atoms with Crippen molar-refractivity contribution in [3.63, 3.8) is 0 Å². The lowest BCUT2D eigenvalue weighted by Gasteiger charge is -2.33. The molecule has 0 saturated carbocycles. The summed E-state index contributed by atoms with van der Waals surface area (Å²) in [5.74, 6) is -3.24. The van der Waals surface area contributed by atoms with Crippen LogP contribution in [0, 0.1) is 17.6 Å². The lowest BCUT2D eigenvalue weighted by atomic mass is 9.97. The van der Waals surface area contributed by atoms with E-state index in [0.717, 1.165) is 44.5 Å². The minimum absolute atomic E-state index is 0.246. The van der Waals surface area contributed by atoms with Crippen LogP contribution in [0.2, 0.25) is 0 Å². The molecule has 3 rings (SSSR count). The molecule has 2 aliphatic heterocycles. The van der Waals surface area contributed by atoms with Crippen molar-refractivity contribution in [2.24, 2.45) is 5.92 Å². The van der Waals surface area contributed by atoms with Gasteiger partial charge in [0.15, 0.2) is 11.6 Å². The van der Waals surface area contributed by atoms with Gasteiger partial charge in [-0.05, 0) is 32.1 Å².